The summed E-state index contributed by atoms with van der Waals surface area (Å²) >= 11 is 0. The Labute approximate surface area is 152 Å². The first kappa shape index (κ1) is 21.3. The van der Waals surface area contributed by atoms with Crippen LogP contribution in [0, 0.1) is 0 Å². The van der Waals surface area contributed by atoms with Gasteiger partial charge in [-0.2, -0.15) is 0 Å². The van der Waals surface area contributed by atoms with Crippen molar-refractivity contribution >= 4 is 5.97 Å². The first-order valence-electron chi connectivity index (χ1n) is 9.86. The molecule has 1 rings (SSSR count). The Morgan fingerprint density at radius 2 is 1.52 bits per heavy atom. The van der Waals surface area contributed by atoms with Crippen molar-refractivity contribution in [3.05, 3.63) is 41.5 Å². The number of rotatable bonds is 14. The standard InChI is InChI=1S/C22H34O3/c1-2-3-4-5-6-7-8-9-10-11-12-13-14-16-19-17-15-18-20(23)21(19)22(24)25/h7-8,15,17-18,23H,2-6,9-14,16H2,1H3,(H,24,25)/b8-7+. The number of hydrogen-bond acceptors (Lipinski definition) is 2. The zero-order valence-electron chi connectivity index (χ0n) is 15.7. The molecule has 0 amide bonds. The molecule has 140 valence electrons. The topological polar surface area (TPSA) is 57.5 Å². The predicted octanol–water partition coefficient (Wildman–Crippen LogP) is 6.50. The van der Waals surface area contributed by atoms with E-state index >= 15 is 0 Å². The highest BCUT2D eigenvalue weighted by Crippen LogP contribution is 2.23. The van der Waals surface area contributed by atoms with Crippen LogP contribution in [0.5, 0.6) is 5.75 Å². The lowest BCUT2D eigenvalue weighted by Crippen LogP contribution is -2.03. The van der Waals surface area contributed by atoms with Gasteiger partial charge in [0.05, 0.1) is 0 Å². The van der Waals surface area contributed by atoms with E-state index in [9.17, 15) is 15.0 Å². The molecular formula is C22H34O3. The molecule has 1 aromatic carbocycles. The molecule has 2 N–H and O–H groups in total. The smallest absolute Gasteiger partial charge is 0.339 e. The molecule has 1 aromatic rings. The van der Waals surface area contributed by atoms with Crippen LogP contribution in [0.3, 0.4) is 0 Å². The first-order valence-corrected chi connectivity index (χ1v) is 9.86. The Hall–Kier alpha value is -1.77. The van der Waals surface area contributed by atoms with Crippen molar-refractivity contribution in [2.75, 3.05) is 0 Å². The highest BCUT2D eigenvalue weighted by atomic mass is 16.4. The number of aryl methyl sites for hydroxylation is 1. The van der Waals surface area contributed by atoms with Gasteiger partial charge in [-0.05, 0) is 50.2 Å². The van der Waals surface area contributed by atoms with Crippen LogP contribution < -0.4 is 0 Å². The Balaban J connectivity index is 2.07. The van der Waals surface area contributed by atoms with Gasteiger partial charge in [0, 0.05) is 0 Å². The zero-order chi connectivity index (χ0) is 18.3. The fraction of sp³-hybridized carbons (Fsp3) is 0.591. The van der Waals surface area contributed by atoms with Gasteiger partial charge in [-0.15, -0.1) is 0 Å². The first-order chi connectivity index (χ1) is 12.2. The number of hydrogen-bond donors (Lipinski definition) is 2. The van der Waals surface area contributed by atoms with Crippen molar-refractivity contribution in [1.82, 2.24) is 0 Å². The van der Waals surface area contributed by atoms with Gasteiger partial charge in [-0.3, -0.25) is 0 Å². The van der Waals surface area contributed by atoms with Gasteiger partial charge in [0.1, 0.15) is 11.3 Å². The molecule has 0 aliphatic rings. The maximum Gasteiger partial charge on any atom is 0.339 e. The van der Waals surface area contributed by atoms with Gasteiger partial charge >= 0.3 is 5.97 Å². The molecule has 25 heavy (non-hydrogen) atoms. The number of carboxylic acid groups (broad SMARTS) is 1. The van der Waals surface area contributed by atoms with Crippen LogP contribution in [-0.4, -0.2) is 16.2 Å². The molecule has 0 heterocycles. The van der Waals surface area contributed by atoms with E-state index in [-0.39, 0.29) is 11.3 Å². The molecular weight excluding hydrogens is 312 g/mol. The van der Waals surface area contributed by atoms with E-state index in [4.69, 9.17) is 0 Å². The summed E-state index contributed by atoms with van der Waals surface area (Å²) in [5.74, 6) is -1.18. The normalized spacial score (nSPS) is 11.2. The van der Waals surface area contributed by atoms with E-state index in [0.717, 1.165) is 18.4 Å². The van der Waals surface area contributed by atoms with Gasteiger partial charge in [-0.1, -0.05) is 69.7 Å². The lowest BCUT2D eigenvalue weighted by atomic mass is 9.99. The third-order valence-corrected chi connectivity index (χ3v) is 4.55. The summed E-state index contributed by atoms with van der Waals surface area (Å²) in [5.41, 5.74) is 0.796. The second-order valence-electron chi connectivity index (χ2n) is 6.74. The Morgan fingerprint density at radius 1 is 0.920 bits per heavy atom. The molecule has 0 radical (unpaired) electrons. The zero-order valence-corrected chi connectivity index (χ0v) is 15.7. The third-order valence-electron chi connectivity index (χ3n) is 4.55. The number of aromatic hydroxyl groups is 1. The quantitative estimate of drug-likeness (QED) is 0.298. The van der Waals surface area contributed by atoms with Crippen LogP contribution in [0.4, 0.5) is 0 Å². The lowest BCUT2D eigenvalue weighted by molar-refractivity contribution is 0.0692. The molecule has 0 fully saturated rings. The molecule has 0 aliphatic carbocycles. The minimum atomic E-state index is -1.05. The monoisotopic (exact) mass is 346 g/mol. The Kier molecular flexibility index (Phi) is 11.5. The summed E-state index contributed by atoms with van der Waals surface area (Å²) in [4.78, 5) is 11.2. The number of benzene rings is 1. The lowest BCUT2D eigenvalue weighted by Gasteiger charge is -2.07. The molecule has 0 aliphatic heterocycles. The number of carbonyl (C=O) groups is 1. The van der Waals surface area contributed by atoms with Crippen LogP contribution in [0.2, 0.25) is 0 Å². The average molecular weight is 347 g/mol. The van der Waals surface area contributed by atoms with Crippen molar-refractivity contribution in [3.63, 3.8) is 0 Å². The minimum absolute atomic E-state index is 0.0616. The fourth-order valence-corrected chi connectivity index (χ4v) is 3.07. The van der Waals surface area contributed by atoms with E-state index in [2.05, 4.69) is 19.1 Å². The summed E-state index contributed by atoms with van der Waals surface area (Å²) in [6.45, 7) is 2.24. The number of allylic oxidation sites excluding steroid dienone is 2. The van der Waals surface area contributed by atoms with Gasteiger partial charge in [0.15, 0.2) is 0 Å². The third kappa shape index (κ3) is 9.33. The van der Waals surface area contributed by atoms with E-state index in [0.29, 0.717) is 6.42 Å². The van der Waals surface area contributed by atoms with Crippen LogP contribution in [0.25, 0.3) is 0 Å². The van der Waals surface area contributed by atoms with Gasteiger partial charge in [-0.25, -0.2) is 4.79 Å². The summed E-state index contributed by atoms with van der Waals surface area (Å²) in [7, 11) is 0. The van der Waals surface area contributed by atoms with E-state index in [1.165, 1.54) is 63.9 Å². The Bertz CT molecular complexity index is 520. The second-order valence-corrected chi connectivity index (χ2v) is 6.74. The SMILES string of the molecule is CCCCCC/C=C/CCCCCCCc1cccc(O)c1C(=O)O. The second kappa shape index (κ2) is 13.5. The highest BCUT2D eigenvalue weighted by molar-refractivity contribution is 5.92. The molecule has 0 bridgehead atoms. The molecule has 0 atom stereocenters. The maximum atomic E-state index is 11.2. The number of unbranched alkanes of at least 4 members (excludes halogenated alkanes) is 9. The van der Waals surface area contributed by atoms with Gasteiger partial charge in [0.2, 0.25) is 0 Å². The Morgan fingerprint density at radius 3 is 2.16 bits per heavy atom. The largest absolute Gasteiger partial charge is 0.507 e. The molecule has 3 nitrogen and oxygen atoms in total. The summed E-state index contributed by atoms with van der Waals surface area (Å²) in [5, 5.41) is 18.9. The van der Waals surface area contributed by atoms with Crippen molar-refractivity contribution in [1.29, 1.82) is 0 Å². The van der Waals surface area contributed by atoms with E-state index < -0.39 is 5.97 Å². The van der Waals surface area contributed by atoms with Gasteiger partial charge < -0.3 is 10.2 Å². The highest BCUT2D eigenvalue weighted by Gasteiger charge is 2.14. The number of carboxylic acids is 1. The predicted molar refractivity (Wildman–Crippen MR) is 104 cm³/mol. The molecule has 0 aromatic heterocycles. The number of phenols is 1. The van der Waals surface area contributed by atoms with Crippen molar-refractivity contribution in [2.45, 2.75) is 84.0 Å². The fourth-order valence-electron chi connectivity index (χ4n) is 3.07. The summed E-state index contributed by atoms with van der Waals surface area (Å²) in [6.07, 6.45) is 18.8. The van der Waals surface area contributed by atoms with Crippen molar-refractivity contribution < 1.29 is 15.0 Å². The van der Waals surface area contributed by atoms with Gasteiger partial charge in [0.25, 0.3) is 0 Å². The van der Waals surface area contributed by atoms with Crippen LogP contribution in [0.1, 0.15) is 93.5 Å². The van der Waals surface area contributed by atoms with Crippen molar-refractivity contribution in [3.8, 4) is 5.75 Å². The molecule has 0 spiro atoms. The number of aromatic carboxylic acids is 1. The molecule has 0 saturated carbocycles. The van der Waals surface area contributed by atoms with E-state index in [1.54, 1.807) is 12.1 Å². The minimum Gasteiger partial charge on any atom is -0.507 e. The molecule has 3 heteroatoms. The van der Waals surface area contributed by atoms with E-state index in [1.807, 2.05) is 0 Å². The summed E-state index contributed by atoms with van der Waals surface area (Å²) in [6, 6.07) is 4.95. The molecule has 0 unspecified atom stereocenters. The van der Waals surface area contributed by atoms with Crippen LogP contribution in [-0.2, 0) is 6.42 Å². The maximum absolute atomic E-state index is 11.2. The molecule has 0 saturated heterocycles. The van der Waals surface area contributed by atoms with Crippen LogP contribution >= 0.6 is 0 Å². The van der Waals surface area contributed by atoms with Crippen LogP contribution in [0.15, 0.2) is 30.4 Å². The average Bonchev–Trinajstić information content (AvgIpc) is 2.58. The van der Waals surface area contributed by atoms with Crippen molar-refractivity contribution in [2.24, 2.45) is 0 Å². The summed E-state index contributed by atoms with van der Waals surface area (Å²) < 4.78 is 0.